The average Bonchev–Trinajstić information content (AvgIpc) is 2.33. The first-order valence-electron chi connectivity index (χ1n) is 6.15. The molecular weight excluding hydrogens is 210 g/mol. The van der Waals surface area contributed by atoms with E-state index < -0.39 is 0 Å². The van der Waals surface area contributed by atoms with Gasteiger partial charge in [-0.05, 0) is 38.1 Å². The summed E-state index contributed by atoms with van der Waals surface area (Å²) in [6, 6.07) is 10.4. The summed E-state index contributed by atoms with van der Waals surface area (Å²) in [6.45, 7) is 4.51. The van der Waals surface area contributed by atoms with E-state index in [0.29, 0.717) is 12.0 Å². The van der Waals surface area contributed by atoms with Crippen molar-refractivity contribution in [1.29, 1.82) is 5.26 Å². The first-order chi connectivity index (χ1) is 8.20. The van der Waals surface area contributed by atoms with E-state index in [1.54, 1.807) is 0 Å². The highest BCUT2D eigenvalue weighted by atomic mass is 15.1. The number of nitrogens with one attached hydrogen (secondary N) is 1. The molecular formula is C14H19N3. The zero-order valence-electron chi connectivity index (χ0n) is 10.5. The van der Waals surface area contributed by atoms with Crippen molar-refractivity contribution in [1.82, 2.24) is 4.90 Å². The number of hydrogen-bond acceptors (Lipinski definition) is 3. The molecule has 3 heteroatoms. The first-order valence-corrected chi connectivity index (χ1v) is 6.15. The van der Waals surface area contributed by atoms with Crippen LogP contribution >= 0.6 is 0 Å². The summed E-state index contributed by atoms with van der Waals surface area (Å²) in [5, 5.41) is 12.6. The lowest BCUT2D eigenvalue weighted by atomic mass is 9.93. The van der Waals surface area contributed by atoms with Gasteiger partial charge in [-0.3, -0.25) is 0 Å². The molecule has 1 N–H and O–H groups in total. The second kappa shape index (κ2) is 5.20. The van der Waals surface area contributed by atoms with E-state index in [4.69, 9.17) is 5.26 Å². The largest absolute Gasteiger partial charge is 0.381 e. The Kier molecular flexibility index (Phi) is 3.65. The van der Waals surface area contributed by atoms with Crippen molar-refractivity contribution in [2.24, 2.45) is 5.92 Å². The van der Waals surface area contributed by atoms with Crippen LogP contribution in [0.3, 0.4) is 0 Å². The molecule has 1 aromatic carbocycles. The molecule has 0 spiro atoms. The highest BCUT2D eigenvalue weighted by Gasteiger charge is 2.24. The van der Waals surface area contributed by atoms with Crippen LogP contribution in [0.2, 0.25) is 0 Å². The summed E-state index contributed by atoms with van der Waals surface area (Å²) in [7, 11) is 2.16. The van der Waals surface area contributed by atoms with Gasteiger partial charge in [0.15, 0.2) is 0 Å². The van der Waals surface area contributed by atoms with Crippen molar-refractivity contribution in [3.63, 3.8) is 0 Å². The van der Waals surface area contributed by atoms with Gasteiger partial charge in [-0.15, -0.1) is 0 Å². The van der Waals surface area contributed by atoms with E-state index in [1.165, 1.54) is 0 Å². The fourth-order valence-corrected chi connectivity index (χ4v) is 2.47. The fraction of sp³-hybridized carbons (Fsp3) is 0.500. The number of hydrogen-bond donors (Lipinski definition) is 1. The number of rotatable bonds is 2. The van der Waals surface area contributed by atoms with E-state index in [2.05, 4.69) is 30.3 Å². The van der Waals surface area contributed by atoms with E-state index >= 15 is 0 Å². The van der Waals surface area contributed by atoms with Gasteiger partial charge in [0.1, 0.15) is 6.07 Å². The second-order valence-corrected chi connectivity index (χ2v) is 4.94. The number of nitrogens with zero attached hydrogens (tertiary/aromatic N) is 2. The Hall–Kier alpha value is -1.53. The Balaban J connectivity index is 2.08. The van der Waals surface area contributed by atoms with Crippen molar-refractivity contribution in [3.05, 3.63) is 29.8 Å². The van der Waals surface area contributed by atoms with Crippen LogP contribution in [-0.4, -0.2) is 31.1 Å². The number of likely N-dealkylation sites (tertiary alicyclic amines) is 1. The molecule has 0 aromatic heterocycles. The summed E-state index contributed by atoms with van der Waals surface area (Å²) in [6.07, 6.45) is 1.14. The lowest BCUT2D eigenvalue weighted by Crippen LogP contribution is -2.43. The summed E-state index contributed by atoms with van der Waals surface area (Å²) >= 11 is 0. The van der Waals surface area contributed by atoms with Gasteiger partial charge in [-0.25, -0.2) is 0 Å². The van der Waals surface area contributed by atoms with E-state index in [0.717, 1.165) is 30.8 Å². The number of nitriles is 1. The van der Waals surface area contributed by atoms with Gasteiger partial charge < -0.3 is 10.2 Å². The molecule has 0 amide bonds. The smallest absolute Gasteiger partial charge is 0.101 e. The summed E-state index contributed by atoms with van der Waals surface area (Å²) < 4.78 is 0. The van der Waals surface area contributed by atoms with Crippen LogP contribution in [0.25, 0.3) is 0 Å². The highest BCUT2D eigenvalue weighted by molar-refractivity contribution is 5.57. The van der Waals surface area contributed by atoms with Gasteiger partial charge in [0.25, 0.3) is 0 Å². The zero-order chi connectivity index (χ0) is 12.3. The van der Waals surface area contributed by atoms with Crippen molar-refractivity contribution in [3.8, 4) is 6.07 Å². The predicted molar refractivity (Wildman–Crippen MR) is 69.8 cm³/mol. The number of anilines is 1. The topological polar surface area (TPSA) is 39.1 Å². The molecule has 0 radical (unpaired) electrons. The third-order valence-corrected chi connectivity index (χ3v) is 3.50. The minimum Gasteiger partial charge on any atom is -0.381 e. The minimum absolute atomic E-state index is 0.473. The van der Waals surface area contributed by atoms with Gasteiger partial charge in [0, 0.05) is 12.6 Å². The zero-order valence-corrected chi connectivity index (χ0v) is 10.5. The van der Waals surface area contributed by atoms with Crippen molar-refractivity contribution in [2.75, 3.05) is 25.5 Å². The van der Waals surface area contributed by atoms with Crippen LogP contribution in [0, 0.1) is 17.2 Å². The average molecular weight is 229 g/mol. The second-order valence-electron chi connectivity index (χ2n) is 4.94. The van der Waals surface area contributed by atoms with E-state index in [9.17, 15) is 0 Å². The molecule has 0 saturated carbocycles. The quantitative estimate of drug-likeness (QED) is 0.846. The lowest BCUT2D eigenvalue weighted by Gasteiger charge is -2.35. The molecule has 3 nitrogen and oxygen atoms in total. The molecule has 2 unspecified atom stereocenters. The fourth-order valence-electron chi connectivity index (χ4n) is 2.47. The summed E-state index contributed by atoms with van der Waals surface area (Å²) in [4.78, 5) is 2.36. The Morgan fingerprint density at radius 2 is 2.18 bits per heavy atom. The molecule has 2 atom stereocenters. The molecule has 17 heavy (non-hydrogen) atoms. The SMILES string of the molecule is CC1CN(C)CCC1Nc1ccccc1C#N. The lowest BCUT2D eigenvalue weighted by molar-refractivity contribution is 0.206. The molecule has 2 rings (SSSR count). The van der Waals surface area contributed by atoms with Crippen LogP contribution in [0.5, 0.6) is 0 Å². The van der Waals surface area contributed by atoms with Crippen LogP contribution in [0.15, 0.2) is 24.3 Å². The number of para-hydroxylation sites is 1. The van der Waals surface area contributed by atoms with Crippen LogP contribution in [0.4, 0.5) is 5.69 Å². The molecule has 1 aromatic rings. The Morgan fingerprint density at radius 3 is 2.88 bits per heavy atom. The van der Waals surface area contributed by atoms with Crippen LogP contribution in [0.1, 0.15) is 18.9 Å². The third kappa shape index (κ3) is 2.78. The van der Waals surface area contributed by atoms with Gasteiger partial charge in [0.05, 0.1) is 11.3 Å². The number of piperidine rings is 1. The van der Waals surface area contributed by atoms with Gasteiger partial charge >= 0.3 is 0 Å². The molecule has 1 heterocycles. The minimum atomic E-state index is 0.473. The van der Waals surface area contributed by atoms with E-state index in [-0.39, 0.29) is 0 Å². The molecule has 0 bridgehead atoms. The summed E-state index contributed by atoms with van der Waals surface area (Å²) in [5.74, 6) is 0.612. The summed E-state index contributed by atoms with van der Waals surface area (Å²) in [5.41, 5.74) is 1.70. The van der Waals surface area contributed by atoms with Crippen molar-refractivity contribution >= 4 is 5.69 Å². The Morgan fingerprint density at radius 1 is 1.41 bits per heavy atom. The molecule has 90 valence electrons. The first kappa shape index (κ1) is 11.9. The molecule has 1 aliphatic rings. The molecule has 1 fully saturated rings. The maximum Gasteiger partial charge on any atom is 0.101 e. The monoisotopic (exact) mass is 229 g/mol. The molecule has 1 aliphatic heterocycles. The predicted octanol–water partition coefficient (Wildman–Crippen LogP) is 2.31. The normalized spacial score (nSPS) is 25.2. The maximum absolute atomic E-state index is 9.06. The molecule has 0 aliphatic carbocycles. The van der Waals surface area contributed by atoms with Crippen LogP contribution < -0.4 is 5.32 Å². The van der Waals surface area contributed by atoms with Gasteiger partial charge in [-0.1, -0.05) is 19.1 Å². The third-order valence-electron chi connectivity index (χ3n) is 3.50. The Bertz CT molecular complexity index is 422. The highest BCUT2D eigenvalue weighted by Crippen LogP contribution is 2.22. The number of benzene rings is 1. The van der Waals surface area contributed by atoms with Gasteiger partial charge in [0.2, 0.25) is 0 Å². The van der Waals surface area contributed by atoms with Crippen molar-refractivity contribution in [2.45, 2.75) is 19.4 Å². The molecule has 1 saturated heterocycles. The van der Waals surface area contributed by atoms with E-state index in [1.807, 2.05) is 24.3 Å². The van der Waals surface area contributed by atoms with Crippen LogP contribution in [-0.2, 0) is 0 Å². The van der Waals surface area contributed by atoms with Crippen molar-refractivity contribution < 1.29 is 0 Å². The standard InChI is InChI=1S/C14H19N3/c1-11-10-17(2)8-7-13(11)16-14-6-4-3-5-12(14)9-15/h3-6,11,13,16H,7-8,10H2,1-2H3. The maximum atomic E-state index is 9.06. The Labute approximate surface area is 103 Å². The van der Waals surface area contributed by atoms with Gasteiger partial charge in [-0.2, -0.15) is 5.26 Å².